The molecule has 0 bridgehead atoms. The van der Waals surface area contributed by atoms with Crippen molar-refractivity contribution in [3.63, 3.8) is 0 Å². The lowest BCUT2D eigenvalue weighted by Crippen LogP contribution is -2.47. The van der Waals surface area contributed by atoms with E-state index in [0.717, 1.165) is 54.2 Å². The minimum absolute atomic E-state index is 0.671. The first-order chi connectivity index (χ1) is 12.2. The van der Waals surface area contributed by atoms with Crippen LogP contribution < -0.4 is 4.90 Å². The summed E-state index contributed by atoms with van der Waals surface area (Å²) in [5.74, 6) is 1.15. The number of nitrogens with zero attached hydrogens (tertiary/aromatic N) is 5. The molecule has 0 saturated carbocycles. The number of aryl methyl sites for hydroxylation is 1. The largest absolute Gasteiger partial charge is 0.355 e. The van der Waals surface area contributed by atoms with Crippen molar-refractivity contribution < 1.29 is 0 Å². The molecule has 25 heavy (non-hydrogen) atoms. The lowest BCUT2D eigenvalue weighted by Gasteiger charge is -2.36. The van der Waals surface area contributed by atoms with Gasteiger partial charge in [0.1, 0.15) is 11.9 Å². The summed E-state index contributed by atoms with van der Waals surface area (Å²) in [6.45, 7) is 9.60. The highest BCUT2D eigenvalue weighted by molar-refractivity contribution is 5.85. The van der Waals surface area contributed by atoms with Gasteiger partial charge in [-0.3, -0.25) is 9.30 Å². The average molecular weight is 333 g/mol. The van der Waals surface area contributed by atoms with Crippen molar-refractivity contribution in [2.45, 2.75) is 20.3 Å². The number of aromatic nitrogens is 2. The minimum Gasteiger partial charge on any atom is -0.355 e. The van der Waals surface area contributed by atoms with Crippen molar-refractivity contribution in [3.8, 4) is 6.07 Å². The summed E-state index contributed by atoms with van der Waals surface area (Å²) >= 11 is 0. The Labute approximate surface area is 148 Å². The maximum absolute atomic E-state index is 9.61. The Bertz CT molecular complexity index is 958. The molecule has 1 aliphatic heterocycles. The second kappa shape index (κ2) is 6.38. The molecule has 0 spiro atoms. The zero-order valence-electron chi connectivity index (χ0n) is 14.9. The van der Waals surface area contributed by atoms with Crippen molar-refractivity contribution >= 4 is 22.5 Å². The number of pyridine rings is 1. The predicted octanol–water partition coefficient (Wildman–Crippen LogP) is 3.20. The summed E-state index contributed by atoms with van der Waals surface area (Å²) < 4.78 is 2.16. The lowest BCUT2D eigenvalue weighted by atomic mass is 10.1. The van der Waals surface area contributed by atoms with Gasteiger partial charge in [0.2, 0.25) is 0 Å². The Morgan fingerprint density at radius 2 is 1.92 bits per heavy atom. The molecule has 1 saturated heterocycles. The van der Waals surface area contributed by atoms with Crippen LogP contribution in [-0.4, -0.2) is 47.0 Å². The quantitative estimate of drug-likeness (QED) is 0.738. The van der Waals surface area contributed by atoms with E-state index >= 15 is 0 Å². The summed E-state index contributed by atoms with van der Waals surface area (Å²) in [7, 11) is 0. The van der Waals surface area contributed by atoms with Crippen molar-refractivity contribution in [3.05, 3.63) is 41.5 Å². The number of hydrogen-bond donors (Lipinski definition) is 0. The highest BCUT2D eigenvalue weighted by atomic mass is 15.3. The first kappa shape index (κ1) is 15.9. The maximum atomic E-state index is 9.61. The van der Waals surface area contributed by atoms with E-state index in [2.05, 4.69) is 39.3 Å². The molecule has 0 unspecified atom stereocenters. The van der Waals surface area contributed by atoms with Crippen LogP contribution in [0.25, 0.3) is 16.7 Å². The highest BCUT2D eigenvalue weighted by Gasteiger charge is 2.22. The van der Waals surface area contributed by atoms with Crippen LogP contribution in [0.5, 0.6) is 0 Å². The Kier molecular flexibility index (Phi) is 4.06. The van der Waals surface area contributed by atoms with E-state index in [1.807, 2.05) is 25.1 Å². The van der Waals surface area contributed by atoms with E-state index < -0.39 is 0 Å². The normalized spacial score (nSPS) is 15.8. The second-order valence-corrected chi connectivity index (χ2v) is 6.76. The van der Waals surface area contributed by atoms with Crippen LogP contribution in [0.4, 0.5) is 5.82 Å². The smallest absolute Gasteiger partial charge is 0.157 e. The van der Waals surface area contributed by atoms with E-state index in [1.54, 1.807) is 0 Å². The number of imidazole rings is 1. The first-order valence-electron chi connectivity index (χ1n) is 9.01. The number of hydrogen-bond acceptors (Lipinski definition) is 4. The number of rotatable bonds is 3. The van der Waals surface area contributed by atoms with Gasteiger partial charge in [0.25, 0.3) is 0 Å². The summed E-state index contributed by atoms with van der Waals surface area (Å²) in [4.78, 5) is 9.71. The number of anilines is 1. The number of piperazine rings is 1. The first-order valence-corrected chi connectivity index (χ1v) is 9.01. The third-order valence-corrected chi connectivity index (χ3v) is 5.10. The fraction of sp³-hybridized carbons (Fsp3) is 0.400. The molecular weight excluding hydrogens is 310 g/mol. The van der Waals surface area contributed by atoms with Crippen LogP contribution in [0.3, 0.4) is 0 Å². The third-order valence-electron chi connectivity index (χ3n) is 5.10. The molecule has 1 aliphatic rings. The van der Waals surface area contributed by atoms with E-state index in [1.165, 1.54) is 13.0 Å². The van der Waals surface area contributed by atoms with E-state index in [4.69, 9.17) is 4.98 Å². The Morgan fingerprint density at radius 1 is 1.16 bits per heavy atom. The van der Waals surface area contributed by atoms with Crippen LogP contribution in [-0.2, 0) is 0 Å². The molecule has 3 aromatic rings. The van der Waals surface area contributed by atoms with Gasteiger partial charge in [-0.1, -0.05) is 19.1 Å². The number of benzene rings is 1. The van der Waals surface area contributed by atoms with Gasteiger partial charge in [-0.15, -0.1) is 0 Å². The van der Waals surface area contributed by atoms with Crippen molar-refractivity contribution in [1.82, 2.24) is 14.3 Å². The average Bonchev–Trinajstić information content (AvgIpc) is 3.01. The van der Waals surface area contributed by atoms with Gasteiger partial charge in [0.15, 0.2) is 5.65 Å². The number of fused-ring (bicyclic) bond motifs is 3. The van der Waals surface area contributed by atoms with Crippen LogP contribution in [0.1, 0.15) is 24.5 Å². The molecule has 0 aliphatic carbocycles. The molecule has 0 amide bonds. The van der Waals surface area contributed by atoms with Crippen LogP contribution in [0.2, 0.25) is 0 Å². The zero-order valence-corrected chi connectivity index (χ0v) is 14.9. The molecule has 0 radical (unpaired) electrons. The Hall–Kier alpha value is -2.58. The molecule has 3 heterocycles. The predicted molar refractivity (Wildman–Crippen MR) is 101 cm³/mol. The SMILES string of the molecule is CCCN1CCN(c2cc(C)c(C#N)c3nc4ccccc4n23)CC1. The molecule has 0 N–H and O–H groups in total. The van der Waals surface area contributed by atoms with Gasteiger partial charge in [-0.2, -0.15) is 5.26 Å². The zero-order chi connectivity index (χ0) is 17.4. The molecular formula is C20H23N5. The van der Waals surface area contributed by atoms with Gasteiger partial charge in [0, 0.05) is 26.2 Å². The molecule has 5 nitrogen and oxygen atoms in total. The summed E-state index contributed by atoms with van der Waals surface area (Å²) in [5, 5.41) is 9.61. The Morgan fingerprint density at radius 3 is 2.64 bits per heavy atom. The molecule has 0 atom stereocenters. The van der Waals surface area contributed by atoms with Crippen molar-refractivity contribution in [2.24, 2.45) is 0 Å². The van der Waals surface area contributed by atoms with Crippen LogP contribution >= 0.6 is 0 Å². The molecule has 5 heteroatoms. The highest BCUT2D eigenvalue weighted by Crippen LogP contribution is 2.29. The van der Waals surface area contributed by atoms with Gasteiger partial charge in [-0.05, 0) is 43.7 Å². The summed E-state index contributed by atoms with van der Waals surface area (Å²) in [5.41, 5.74) is 4.45. The maximum Gasteiger partial charge on any atom is 0.157 e. The van der Waals surface area contributed by atoms with E-state index in [-0.39, 0.29) is 0 Å². The second-order valence-electron chi connectivity index (χ2n) is 6.76. The molecule has 4 rings (SSSR count). The Balaban J connectivity index is 1.85. The summed E-state index contributed by atoms with van der Waals surface area (Å²) in [6, 6.07) is 12.6. The van der Waals surface area contributed by atoms with E-state index in [0.29, 0.717) is 5.56 Å². The van der Waals surface area contributed by atoms with Gasteiger partial charge in [-0.25, -0.2) is 4.98 Å². The molecule has 1 aromatic carbocycles. The standard InChI is InChI=1S/C20H23N5/c1-3-8-23-9-11-24(12-10-23)19-13-15(2)16(14-21)20-22-17-6-4-5-7-18(17)25(19)20/h4-7,13H,3,8-12H2,1-2H3. The van der Waals surface area contributed by atoms with Crippen LogP contribution in [0.15, 0.2) is 30.3 Å². The third kappa shape index (κ3) is 2.63. The topological polar surface area (TPSA) is 47.6 Å². The van der Waals surface area contributed by atoms with Gasteiger partial charge < -0.3 is 4.90 Å². The molecule has 2 aromatic heterocycles. The van der Waals surface area contributed by atoms with E-state index in [9.17, 15) is 5.26 Å². The fourth-order valence-electron chi connectivity index (χ4n) is 3.82. The number of para-hydroxylation sites is 2. The minimum atomic E-state index is 0.671. The van der Waals surface area contributed by atoms with Gasteiger partial charge in [0.05, 0.1) is 16.6 Å². The molecule has 128 valence electrons. The fourth-order valence-corrected chi connectivity index (χ4v) is 3.82. The van der Waals surface area contributed by atoms with Crippen LogP contribution in [0, 0.1) is 18.3 Å². The number of nitriles is 1. The van der Waals surface area contributed by atoms with Crippen molar-refractivity contribution in [2.75, 3.05) is 37.6 Å². The monoisotopic (exact) mass is 333 g/mol. The van der Waals surface area contributed by atoms with Gasteiger partial charge >= 0.3 is 0 Å². The summed E-state index contributed by atoms with van der Waals surface area (Å²) in [6.07, 6.45) is 1.20. The lowest BCUT2D eigenvalue weighted by molar-refractivity contribution is 0.258. The molecule has 1 fully saturated rings. The van der Waals surface area contributed by atoms with Crippen molar-refractivity contribution in [1.29, 1.82) is 5.26 Å².